The van der Waals surface area contributed by atoms with Crippen LogP contribution in [0, 0.1) is 0 Å². The Bertz CT molecular complexity index is 722. The van der Waals surface area contributed by atoms with E-state index in [-0.39, 0.29) is 0 Å². The van der Waals surface area contributed by atoms with E-state index in [2.05, 4.69) is 25.3 Å². The minimum absolute atomic E-state index is 0.305. The van der Waals surface area contributed by atoms with Gasteiger partial charge in [0, 0.05) is 28.0 Å². The third-order valence-electron chi connectivity index (χ3n) is 2.39. The Morgan fingerprint density at radius 1 is 1.26 bits per heavy atom. The molecule has 1 aromatic heterocycles. The molecule has 0 aliphatic carbocycles. The van der Waals surface area contributed by atoms with Crippen LogP contribution in [0.25, 0.3) is 0 Å². The maximum atomic E-state index is 12.4. The molecule has 19 heavy (non-hydrogen) atoms. The summed E-state index contributed by atoms with van der Waals surface area (Å²) in [6.07, 6.45) is 4.42. The van der Waals surface area contributed by atoms with E-state index in [1.54, 1.807) is 36.5 Å². The lowest BCUT2D eigenvalue weighted by Crippen LogP contribution is -2.04. The van der Waals surface area contributed by atoms with E-state index in [0.29, 0.717) is 14.9 Å². The van der Waals surface area contributed by atoms with Gasteiger partial charge < -0.3 is 0 Å². The predicted molar refractivity (Wildman–Crippen MR) is 77.5 cm³/mol. The number of carbonyl (C=O) groups is 1. The lowest BCUT2D eigenvalue weighted by Gasteiger charge is -2.03. The molecule has 1 aromatic carbocycles. The number of halogens is 1. The van der Waals surface area contributed by atoms with Crippen molar-refractivity contribution in [1.29, 1.82) is 0 Å². The van der Waals surface area contributed by atoms with E-state index in [9.17, 15) is 9.00 Å². The van der Waals surface area contributed by atoms with Crippen molar-refractivity contribution in [3.63, 3.8) is 0 Å². The van der Waals surface area contributed by atoms with Crippen LogP contribution in [0.5, 0.6) is 0 Å². The van der Waals surface area contributed by atoms with E-state index in [4.69, 9.17) is 0 Å². The molecule has 0 saturated heterocycles. The number of amides is 1. The highest BCUT2D eigenvalue weighted by Gasteiger charge is 2.11. The fourth-order valence-electron chi connectivity index (χ4n) is 1.47. The second-order valence-corrected chi connectivity index (χ2v) is 7.08. The first-order valence-electron chi connectivity index (χ1n) is 5.41. The minimum atomic E-state index is -2.74. The second kappa shape index (κ2) is 5.63. The van der Waals surface area contributed by atoms with Gasteiger partial charge in [0.2, 0.25) is 0 Å². The van der Waals surface area contributed by atoms with Crippen LogP contribution in [-0.2, 0) is 9.73 Å². The molecule has 0 aliphatic rings. The van der Waals surface area contributed by atoms with Crippen molar-refractivity contribution in [2.75, 3.05) is 6.26 Å². The molecule has 0 saturated carbocycles. The molecule has 1 atom stereocenters. The SMILES string of the molecule is C[S@@](=O)(=NC(=O)c1cncc(Br)c1)c1ccccc1. The van der Waals surface area contributed by atoms with Crippen LogP contribution in [0.2, 0.25) is 0 Å². The van der Waals surface area contributed by atoms with Crippen molar-refractivity contribution in [2.24, 2.45) is 4.36 Å². The van der Waals surface area contributed by atoms with Crippen molar-refractivity contribution in [1.82, 2.24) is 4.98 Å². The van der Waals surface area contributed by atoms with Crippen molar-refractivity contribution < 1.29 is 9.00 Å². The van der Waals surface area contributed by atoms with Crippen LogP contribution >= 0.6 is 15.9 Å². The highest BCUT2D eigenvalue weighted by Crippen LogP contribution is 2.14. The fourth-order valence-corrected chi connectivity index (χ4v) is 3.02. The van der Waals surface area contributed by atoms with E-state index >= 15 is 0 Å². The van der Waals surface area contributed by atoms with Gasteiger partial charge in [0.15, 0.2) is 0 Å². The molecule has 2 aromatic rings. The first kappa shape index (κ1) is 13.9. The summed E-state index contributed by atoms with van der Waals surface area (Å²) < 4.78 is 16.9. The van der Waals surface area contributed by atoms with Crippen LogP contribution in [0.3, 0.4) is 0 Å². The summed E-state index contributed by atoms with van der Waals surface area (Å²) in [4.78, 5) is 16.4. The molecule has 0 spiro atoms. The summed E-state index contributed by atoms with van der Waals surface area (Å²) in [7, 11) is -2.74. The Morgan fingerprint density at radius 3 is 2.58 bits per heavy atom. The summed E-state index contributed by atoms with van der Waals surface area (Å²) in [6.45, 7) is 0. The molecule has 0 bridgehead atoms. The number of benzene rings is 1. The quantitative estimate of drug-likeness (QED) is 0.845. The molecular formula is C13H11BrN2O2S. The van der Waals surface area contributed by atoms with Gasteiger partial charge in [0.25, 0.3) is 5.91 Å². The van der Waals surface area contributed by atoms with Gasteiger partial charge in [-0.25, -0.2) is 4.21 Å². The standard InChI is InChI=1S/C13H11BrN2O2S/c1-19(18,12-5-3-2-4-6-12)16-13(17)10-7-11(14)9-15-8-10/h2-9H,1H3/t19-/m0/s1. The van der Waals surface area contributed by atoms with Gasteiger partial charge in [-0.1, -0.05) is 18.2 Å². The summed E-state index contributed by atoms with van der Waals surface area (Å²) in [5, 5.41) is 0. The third-order valence-corrected chi connectivity index (χ3v) is 4.48. The number of carbonyl (C=O) groups excluding carboxylic acids is 1. The smallest absolute Gasteiger partial charge is 0.266 e. The number of pyridine rings is 1. The van der Waals surface area contributed by atoms with Crippen LogP contribution in [0.1, 0.15) is 10.4 Å². The van der Waals surface area contributed by atoms with Crippen LogP contribution < -0.4 is 0 Å². The molecule has 0 radical (unpaired) electrons. The number of rotatable bonds is 2. The molecule has 98 valence electrons. The summed E-state index contributed by atoms with van der Waals surface area (Å²) in [5.74, 6) is -0.537. The largest absolute Gasteiger partial charge is 0.286 e. The van der Waals surface area contributed by atoms with Crippen molar-refractivity contribution in [3.8, 4) is 0 Å². The molecule has 0 N–H and O–H groups in total. The lowest BCUT2D eigenvalue weighted by atomic mass is 10.3. The Labute approximate surface area is 120 Å². The molecule has 4 nitrogen and oxygen atoms in total. The lowest BCUT2D eigenvalue weighted by molar-refractivity contribution is 0.100. The highest BCUT2D eigenvalue weighted by molar-refractivity contribution is 9.10. The van der Waals surface area contributed by atoms with Gasteiger partial charge in [-0.2, -0.15) is 4.36 Å². The first-order valence-corrected chi connectivity index (χ1v) is 8.13. The molecule has 0 aliphatic heterocycles. The van der Waals surface area contributed by atoms with Gasteiger partial charge in [-0.15, -0.1) is 0 Å². The van der Waals surface area contributed by atoms with Gasteiger partial charge in [0.05, 0.1) is 15.3 Å². The molecule has 1 amide bonds. The van der Waals surface area contributed by atoms with Crippen molar-refractivity contribution >= 4 is 31.6 Å². The zero-order valence-electron chi connectivity index (χ0n) is 10.1. The van der Waals surface area contributed by atoms with Gasteiger partial charge >= 0.3 is 0 Å². The minimum Gasteiger partial charge on any atom is -0.266 e. The molecule has 1 heterocycles. The summed E-state index contributed by atoms with van der Waals surface area (Å²) in [6, 6.07) is 10.3. The number of hydrogen-bond donors (Lipinski definition) is 0. The van der Waals surface area contributed by atoms with E-state index in [1.165, 1.54) is 12.5 Å². The highest BCUT2D eigenvalue weighted by atomic mass is 79.9. The molecule has 6 heteroatoms. The van der Waals surface area contributed by atoms with Crippen molar-refractivity contribution in [2.45, 2.75) is 4.90 Å². The number of nitrogens with zero attached hydrogens (tertiary/aromatic N) is 2. The van der Waals surface area contributed by atoms with Crippen LogP contribution in [0.15, 0.2) is 62.5 Å². The monoisotopic (exact) mass is 338 g/mol. The average Bonchev–Trinajstić information content (AvgIpc) is 2.39. The Hall–Kier alpha value is -1.53. The molecule has 2 rings (SSSR count). The Kier molecular flexibility index (Phi) is 4.11. The van der Waals surface area contributed by atoms with Gasteiger partial charge in [0.1, 0.15) is 0 Å². The average molecular weight is 339 g/mol. The molecule has 0 fully saturated rings. The topological polar surface area (TPSA) is 59.4 Å². The zero-order valence-corrected chi connectivity index (χ0v) is 12.5. The molecule has 0 unspecified atom stereocenters. The van der Waals surface area contributed by atoms with Crippen molar-refractivity contribution in [3.05, 3.63) is 58.8 Å². The van der Waals surface area contributed by atoms with E-state index in [1.807, 2.05) is 6.07 Å². The predicted octanol–water partition coefficient (Wildman–Crippen LogP) is 3.14. The Morgan fingerprint density at radius 2 is 1.95 bits per heavy atom. The normalized spacial score (nSPS) is 13.6. The summed E-state index contributed by atoms with van der Waals surface area (Å²) in [5.41, 5.74) is 0.305. The molecular weight excluding hydrogens is 328 g/mol. The fraction of sp³-hybridized carbons (Fsp3) is 0.0769. The maximum absolute atomic E-state index is 12.4. The third kappa shape index (κ3) is 3.48. The van der Waals surface area contributed by atoms with Gasteiger partial charge in [-0.3, -0.25) is 9.78 Å². The Balaban J connectivity index is 2.41. The van der Waals surface area contributed by atoms with E-state index < -0.39 is 15.6 Å². The zero-order chi connectivity index (χ0) is 13.9. The van der Waals surface area contributed by atoms with Gasteiger partial charge in [-0.05, 0) is 34.1 Å². The number of hydrogen-bond acceptors (Lipinski definition) is 3. The van der Waals surface area contributed by atoms with E-state index in [0.717, 1.165) is 0 Å². The van der Waals surface area contributed by atoms with Crippen LogP contribution in [0.4, 0.5) is 0 Å². The first-order chi connectivity index (χ1) is 8.99. The second-order valence-electron chi connectivity index (χ2n) is 3.90. The van der Waals surface area contributed by atoms with Crippen LogP contribution in [-0.4, -0.2) is 21.4 Å². The number of aromatic nitrogens is 1. The summed E-state index contributed by atoms with van der Waals surface area (Å²) >= 11 is 3.23. The maximum Gasteiger partial charge on any atom is 0.286 e.